The fourth-order valence-electron chi connectivity index (χ4n) is 2.79. The predicted molar refractivity (Wildman–Crippen MR) is 104 cm³/mol. The zero-order valence-corrected chi connectivity index (χ0v) is 16.2. The molecular formula is C17H21ClN4OS2. The van der Waals surface area contributed by atoms with Crippen LogP contribution in [0.2, 0.25) is 5.02 Å². The van der Waals surface area contributed by atoms with Crippen LogP contribution in [-0.2, 0) is 11.3 Å². The van der Waals surface area contributed by atoms with Crippen LogP contribution in [0.4, 0.5) is 5.13 Å². The molecule has 1 aliphatic carbocycles. The Kier molecular flexibility index (Phi) is 5.77. The summed E-state index contributed by atoms with van der Waals surface area (Å²) >= 11 is 9.65. The lowest BCUT2D eigenvalue weighted by molar-refractivity contribution is -0.0187. The number of aromatic nitrogens is 2. The number of nitrogens with zero attached hydrogens (tertiary/aromatic N) is 3. The van der Waals surface area contributed by atoms with Gasteiger partial charge in [-0.25, -0.2) is 0 Å². The highest BCUT2D eigenvalue weighted by atomic mass is 35.5. The van der Waals surface area contributed by atoms with Gasteiger partial charge in [-0.05, 0) is 24.5 Å². The van der Waals surface area contributed by atoms with Crippen molar-refractivity contribution < 1.29 is 4.74 Å². The van der Waals surface area contributed by atoms with Gasteiger partial charge in [0.05, 0.1) is 12.7 Å². The Bertz CT molecular complexity index is 709. The first-order valence-electron chi connectivity index (χ1n) is 8.56. The zero-order chi connectivity index (χ0) is 17.1. The van der Waals surface area contributed by atoms with Gasteiger partial charge in [-0.3, -0.25) is 4.90 Å². The average molecular weight is 397 g/mol. The van der Waals surface area contributed by atoms with Crippen LogP contribution in [0.1, 0.15) is 18.4 Å². The molecule has 4 rings (SSSR count). The molecular weight excluding hydrogens is 376 g/mol. The van der Waals surface area contributed by atoms with Crippen LogP contribution in [0.25, 0.3) is 0 Å². The molecule has 2 aromatic rings. The maximum absolute atomic E-state index is 6.28. The van der Waals surface area contributed by atoms with Crippen molar-refractivity contribution in [1.82, 2.24) is 15.1 Å². The number of hydrogen-bond acceptors (Lipinski definition) is 7. The summed E-state index contributed by atoms with van der Waals surface area (Å²) in [5.74, 6) is 0.900. The van der Waals surface area contributed by atoms with E-state index in [-0.39, 0.29) is 6.10 Å². The van der Waals surface area contributed by atoms with Gasteiger partial charge in [-0.2, -0.15) is 0 Å². The van der Waals surface area contributed by atoms with Crippen LogP contribution in [0.15, 0.2) is 28.6 Å². The van der Waals surface area contributed by atoms with Crippen molar-refractivity contribution in [2.24, 2.45) is 0 Å². The first-order chi connectivity index (χ1) is 12.3. The van der Waals surface area contributed by atoms with Crippen LogP contribution in [0, 0.1) is 0 Å². The third-order valence-corrected chi connectivity index (χ3v) is 6.77. The summed E-state index contributed by atoms with van der Waals surface area (Å²) < 4.78 is 6.93. The molecule has 1 atom stereocenters. The average Bonchev–Trinajstić information content (AvgIpc) is 3.32. The molecule has 1 unspecified atom stereocenters. The third-order valence-electron chi connectivity index (χ3n) is 4.28. The molecule has 25 heavy (non-hydrogen) atoms. The minimum atomic E-state index is 0.213. The largest absolute Gasteiger partial charge is 0.375 e. The van der Waals surface area contributed by atoms with Crippen molar-refractivity contribution in [2.45, 2.75) is 35.9 Å². The van der Waals surface area contributed by atoms with Crippen molar-refractivity contribution in [1.29, 1.82) is 0 Å². The molecule has 134 valence electrons. The van der Waals surface area contributed by atoms with Crippen LogP contribution in [-0.4, -0.2) is 52.7 Å². The minimum Gasteiger partial charge on any atom is -0.375 e. The van der Waals surface area contributed by atoms with Crippen molar-refractivity contribution in [3.8, 4) is 0 Å². The van der Waals surface area contributed by atoms with E-state index in [4.69, 9.17) is 16.3 Å². The summed E-state index contributed by atoms with van der Waals surface area (Å²) in [6, 6.07) is 8.67. The first-order valence-corrected chi connectivity index (χ1v) is 10.7. The van der Waals surface area contributed by atoms with Gasteiger partial charge in [0.1, 0.15) is 0 Å². The summed E-state index contributed by atoms with van der Waals surface area (Å²) in [6.07, 6.45) is 2.71. The number of halogens is 1. The summed E-state index contributed by atoms with van der Waals surface area (Å²) in [4.78, 5) is 2.41. The van der Waals surface area contributed by atoms with Gasteiger partial charge >= 0.3 is 0 Å². The number of hydrogen-bond donors (Lipinski definition) is 1. The van der Waals surface area contributed by atoms with E-state index < -0.39 is 0 Å². The molecule has 0 bridgehead atoms. The number of benzene rings is 1. The molecule has 0 radical (unpaired) electrons. The highest BCUT2D eigenvalue weighted by Crippen LogP contribution is 2.31. The van der Waals surface area contributed by atoms with Gasteiger partial charge in [-0.15, -0.1) is 10.2 Å². The van der Waals surface area contributed by atoms with Gasteiger partial charge in [-0.1, -0.05) is 52.9 Å². The van der Waals surface area contributed by atoms with E-state index in [1.165, 1.54) is 18.4 Å². The van der Waals surface area contributed by atoms with Crippen molar-refractivity contribution in [3.05, 3.63) is 34.9 Å². The molecule has 1 saturated heterocycles. The molecule has 5 nitrogen and oxygen atoms in total. The van der Waals surface area contributed by atoms with Gasteiger partial charge < -0.3 is 10.1 Å². The summed E-state index contributed by atoms with van der Waals surface area (Å²) in [5.41, 5.74) is 1.18. The van der Waals surface area contributed by atoms with E-state index in [1.807, 2.05) is 18.2 Å². The minimum absolute atomic E-state index is 0.213. The van der Waals surface area contributed by atoms with Crippen molar-refractivity contribution >= 4 is 39.8 Å². The van der Waals surface area contributed by atoms with Crippen LogP contribution < -0.4 is 5.32 Å². The second-order valence-electron chi connectivity index (χ2n) is 6.42. The molecule has 2 fully saturated rings. The maximum atomic E-state index is 6.28. The zero-order valence-electron chi connectivity index (χ0n) is 13.9. The van der Waals surface area contributed by atoms with Gasteiger partial charge in [0, 0.05) is 36.5 Å². The molecule has 0 amide bonds. The molecule has 2 heterocycles. The molecule has 8 heteroatoms. The summed E-state index contributed by atoms with van der Waals surface area (Å²) in [7, 11) is 0. The lowest BCUT2D eigenvalue weighted by Crippen LogP contribution is -2.43. The van der Waals surface area contributed by atoms with Gasteiger partial charge in [0.15, 0.2) is 4.34 Å². The number of nitrogens with one attached hydrogen (secondary N) is 1. The van der Waals surface area contributed by atoms with E-state index >= 15 is 0 Å². The Morgan fingerprint density at radius 3 is 3.04 bits per heavy atom. The SMILES string of the molecule is Clc1ccccc1CN1CCOC(CSc2nnc(NC3CC3)s2)C1. The molecule has 0 spiro atoms. The quantitative estimate of drug-likeness (QED) is 0.719. The van der Waals surface area contributed by atoms with Crippen molar-refractivity contribution in [3.63, 3.8) is 0 Å². The Morgan fingerprint density at radius 2 is 2.20 bits per heavy atom. The number of morpholine rings is 1. The predicted octanol–water partition coefficient (Wildman–Crippen LogP) is 3.76. The van der Waals surface area contributed by atoms with E-state index in [0.29, 0.717) is 6.04 Å². The Morgan fingerprint density at radius 1 is 1.32 bits per heavy atom. The molecule has 1 aromatic heterocycles. The molecule has 1 aromatic carbocycles. The van der Waals surface area contributed by atoms with E-state index in [9.17, 15) is 0 Å². The fourth-order valence-corrected chi connectivity index (χ4v) is 4.84. The highest BCUT2D eigenvalue weighted by molar-refractivity contribution is 8.01. The van der Waals surface area contributed by atoms with E-state index in [0.717, 1.165) is 46.5 Å². The molecule has 1 aliphatic heterocycles. The molecule has 2 aliphatic rings. The highest BCUT2D eigenvalue weighted by Gasteiger charge is 2.24. The molecule has 1 saturated carbocycles. The van der Waals surface area contributed by atoms with Crippen LogP contribution >= 0.6 is 34.7 Å². The smallest absolute Gasteiger partial charge is 0.206 e. The number of rotatable bonds is 7. The van der Waals surface area contributed by atoms with E-state index in [2.05, 4.69) is 26.5 Å². The standard InChI is InChI=1S/C17H21ClN4OS2/c18-15-4-2-1-3-12(15)9-22-7-8-23-14(10-22)11-24-17-21-20-16(25-17)19-13-5-6-13/h1-4,13-14H,5-11H2,(H,19,20). The van der Waals surface area contributed by atoms with Gasteiger partial charge in [0.2, 0.25) is 5.13 Å². The maximum Gasteiger partial charge on any atom is 0.206 e. The van der Waals surface area contributed by atoms with Crippen LogP contribution in [0.3, 0.4) is 0 Å². The molecule has 1 N–H and O–H groups in total. The van der Waals surface area contributed by atoms with Crippen LogP contribution in [0.5, 0.6) is 0 Å². The second-order valence-corrected chi connectivity index (χ2v) is 9.07. The number of anilines is 1. The normalized spacial score (nSPS) is 21.4. The Labute approximate surface area is 161 Å². The topological polar surface area (TPSA) is 50.3 Å². The summed E-state index contributed by atoms with van der Waals surface area (Å²) in [5, 5.41) is 13.6. The lowest BCUT2D eigenvalue weighted by atomic mass is 10.2. The first kappa shape index (κ1) is 17.5. The van der Waals surface area contributed by atoms with Gasteiger partial charge in [0.25, 0.3) is 0 Å². The monoisotopic (exact) mass is 396 g/mol. The Balaban J connectivity index is 1.26. The van der Waals surface area contributed by atoms with Crippen molar-refractivity contribution in [2.75, 3.05) is 30.8 Å². The number of ether oxygens (including phenoxy) is 1. The summed E-state index contributed by atoms with van der Waals surface area (Å²) in [6.45, 7) is 3.50. The third kappa shape index (κ3) is 5.08. The van der Waals surface area contributed by atoms with E-state index in [1.54, 1.807) is 23.1 Å². The lowest BCUT2D eigenvalue weighted by Gasteiger charge is -2.32. The second kappa shape index (κ2) is 8.22. The fraction of sp³-hybridized carbons (Fsp3) is 0.529. The Hall–Kier alpha value is -0.860. The number of thioether (sulfide) groups is 1.